The molecule has 0 aliphatic carbocycles. The first kappa shape index (κ1) is 27.9. The summed E-state index contributed by atoms with van der Waals surface area (Å²) >= 11 is 2.45. The molecule has 2 N–H and O–H groups in total. The Hall–Kier alpha value is -4.10. The quantitative estimate of drug-likeness (QED) is 0.155. The van der Waals surface area contributed by atoms with Crippen LogP contribution >= 0.6 is 23.1 Å². The maximum Gasteiger partial charge on any atom is 0.270 e. The summed E-state index contributed by atoms with van der Waals surface area (Å²) in [6.45, 7) is 5.95. The molecule has 0 spiro atoms. The second-order valence-corrected chi connectivity index (χ2v) is 10.9. The van der Waals surface area contributed by atoms with E-state index in [1.807, 2.05) is 32.9 Å². The van der Waals surface area contributed by atoms with Crippen LogP contribution in [-0.4, -0.2) is 42.2 Å². The van der Waals surface area contributed by atoms with Crippen LogP contribution in [0, 0.1) is 23.0 Å². The van der Waals surface area contributed by atoms with Gasteiger partial charge < -0.3 is 15.2 Å². The molecule has 0 aliphatic rings. The van der Waals surface area contributed by atoms with Crippen molar-refractivity contribution in [3.63, 3.8) is 0 Å². The maximum atomic E-state index is 12.8. The maximum absolute atomic E-state index is 12.8. The third-order valence-corrected chi connectivity index (χ3v) is 7.63. The predicted octanol–water partition coefficient (Wildman–Crippen LogP) is 5.01. The molecule has 0 fully saturated rings. The Morgan fingerprint density at radius 3 is 2.59 bits per heavy atom. The molecule has 2 aromatic carbocycles. The summed E-state index contributed by atoms with van der Waals surface area (Å²) in [5.74, 6) is 0.235. The number of hydrogen-bond acceptors (Lipinski definition) is 9. The van der Waals surface area contributed by atoms with Gasteiger partial charge in [0.2, 0.25) is 5.91 Å². The van der Waals surface area contributed by atoms with Crippen molar-refractivity contribution in [2.24, 2.45) is 13.0 Å². The molecule has 1 atom stereocenters. The number of carbonyl (C=O) groups is 2. The van der Waals surface area contributed by atoms with Gasteiger partial charge in [0.25, 0.3) is 11.6 Å². The van der Waals surface area contributed by atoms with Crippen molar-refractivity contribution in [1.82, 2.24) is 25.1 Å². The molecule has 202 valence electrons. The predicted molar refractivity (Wildman–Crippen MR) is 151 cm³/mol. The van der Waals surface area contributed by atoms with Crippen LogP contribution in [0.4, 0.5) is 10.8 Å². The van der Waals surface area contributed by atoms with Crippen molar-refractivity contribution < 1.29 is 14.5 Å². The van der Waals surface area contributed by atoms with Gasteiger partial charge in [-0.3, -0.25) is 19.7 Å². The first-order valence-electron chi connectivity index (χ1n) is 12.0. The topological polar surface area (TPSA) is 145 Å². The minimum absolute atomic E-state index is 0.0278. The van der Waals surface area contributed by atoms with Crippen LogP contribution in [0.2, 0.25) is 0 Å². The van der Waals surface area contributed by atoms with Crippen LogP contribution in [0.3, 0.4) is 0 Å². The molecule has 39 heavy (non-hydrogen) atoms. The van der Waals surface area contributed by atoms with Gasteiger partial charge in [-0.15, -0.1) is 21.5 Å². The Morgan fingerprint density at radius 1 is 1.15 bits per heavy atom. The molecule has 4 rings (SSSR count). The Kier molecular flexibility index (Phi) is 8.72. The SMILES string of the molecule is Cc1ccc(C(=O)N[C@@H](c2nnc(SCC(=O)Nc3nc(-c4cccc([N+](=O)[O-])c4)cs3)n2C)C(C)C)cc1. The van der Waals surface area contributed by atoms with E-state index in [0.717, 1.165) is 5.56 Å². The van der Waals surface area contributed by atoms with E-state index >= 15 is 0 Å². The van der Waals surface area contributed by atoms with Crippen molar-refractivity contribution >= 4 is 45.7 Å². The van der Waals surface area contributed by atoms with Crippen molar-refractivity contribution in [2.75, 3.05) is 11.1 Å². The van der Waals surface area contributed by atoms with Crippen LogP contribution < -0.4 is 10.6 Å². The van der Waals surface area contributed by atoms with Crippen molar-refractivity contribution in [3.05, 3.63) is 81.0 Å². The largest absolute Gasteiger partial charge is 0.342 e. The van der Waals surface area contributed by atoms with Gasteiger partial charge in [-0.2, -0.15) is 0 Å². The molecule has 0 bridgehead atoms. The third kappa shape index (κ3) is 6.86. The Balaban J connectivity index is 1.37. The monoisotopic (exact) mass is 565 g/mol. The molecule has 0 saturated heterocycles. The highest BCUT2D eigenvalue weighted by atomic mass is 32.2. The number of nitro benzene ring substituents is 1. The zero-order valence-corrected chi connectivity index (χ0v) is 23.4. The molecule has 2 amide bonds. The van der Waals surface area contributed by atoms with Crippen molar-refractivity contribution in [2.45, 2.75) is 32.0 Å². The number of benzene rings is 2. The van der Waals surface area contributed by atoms with E-state index in [4.69, 9.17) is 0 Å². The summed E-state index contributed by atoms with van der Waals surface area (Å²) in [7, 11) is 1.80. The third-order valence-electron chi connectivity index (χ3n) is 5.85. The fourth-order valence-corrected chi connectivity index (χ4v) is 5.16. The van der Waals surface area contributed by atoms with E-state index in [9.17, 15) is 19.7 Å². The van der Waals surface area contributed by atoms with Crippen molar-refractivity contribution in [3.8, 4) is 11.3 Å². The summed E-state index contributed by atoms with van der Waals surface area (Å²) in [4.78, 5) is 40.4. The van der Waals surface area contributed by atoms with Gasteiger partial charge >= 0.3 is 0 Å². The number of thiazole rings is 1. The average molecular weight is 566 g/mol. The number of nitrogens with one attached hydrogen (secondary N) is 2. The standard InChI is InChI=1S/C26H27N7O4S2/c1-15(2)22(29-24(35)17-10-8-16(3)9-11-17)23-30-31-26(32(23)4)39-14-21(34)28-25-27-20(13-38-25)18-6-5-7-19(12-18)33(36)37/h5-13,15,22H,14H2,1-4H3,(H,29,35)(H,27,28,34)/t22-/m1/s1. The van der Waals surface area contributed by atoms with Crippen LogP contribution in [0.5, 0.6) is 0 Å². The summed E-state index contributed by atoms with van der Waals surface area (Å²) in [5.41, 5.74) is 2.74. The second kappa shape index (κ2) is 12.2. The first-order valence-corrected chi connectivity index (χ1v) is 13.9. The van der Waals surface area contributed by atoms with Crippen LogP contribution in [0.1, 0.15) is 41.6 Å². The van der Waals surface area contributed by atoms with Crippen molar-refractivity contribution in [1.29, 1.82) is 0 Å². The molecule has 0 saturated carbocycles. The zero-order chi connectivity index (χ0) is 28.1. The van der Waals surface area contributed by atoms with Gasteiger partial charge in [0.1, 0.15) is 0 Å². The van der Waals surface area contributed by atoms with E-state index in [0.29, 0.717) is 32.9 Å². The van der Waals surface area contributed by atoms with E-state index in [2.05, 4.69) is 25.8 Å². The lowest BCUT2D eigenvalue weighted by atomic mass is 10.0. The van der Waals surface area contributed by atoms with E-state index in [1.54, 1.807) is 41.3 Å². The molecule has 4 aromatic rings. The fraction of sp³-hybridized carbons (Fsp3) is 0.269. The number of non-ortho nitro benzene ring substituents is 1. The number of anilines is 1. The lowest BCUT2D eigenvalue weighted by Crippen LogP contribution is -2.33. The van der Waals surface area contributed by atoms with Crippen LogP contribution in [0.25, 0.3) is 11.3 Å². The number of nitro groups is 1. The molecule has 13 heteroatoms. The lowest BCUT2D eigenvalue weighted by Gasteiger charge is -2.21. The fourth-order valence-electron chi connectivity index (χ4n) is 3.71. The minimum atomic E-state index is -0.463. The molecule has 11 nitrogen and oxygen atoms in total. The number of nitrogens with zero attached hydrogens (tertiary/aromatic N) is 5. The van der Waals surface area contributed by atoms with Gasteiger partial charge in [0, 0.05) is 35.7 Å². The average Bonchev–Trinajstić information content (AvgIpc) is 3.52. The molecule has 0 radical (unpaired) electrons. The summed E-state index contributed by atoms with van der Waals surface area (Å²) in [6, 6.07) is 13.1. The smallest absolute Gasteiger partial charge is 0.270 e. The summed E-state index contributed by atoms with van der Waals surface area (Å²) in [6.07, 6.45) is 0. The van der Waals surface area contributed by atoms with Crippen LogP contribution in [-0.2, 0) is 11.8 Å². The molecule has 0 aliphatic heterocycles. The summed E-state index contributed by atoms with van der Waals surface area (Å²) in [5, 5.41) is 28.0. The second-order valence-electron chi connectivity index (χ2n) is 9.14. The first-order chi connectivity index (χ1) is 18.6. The van der Waals surface area contributed by atoms with E-state index in [1.165, 1.54) is 35.2 Å². The zero-order valence-electron chi connectivity index (χ0n) is 21.7. The number of rotatable bonds is 10. The number of amides is 2. The van der Waals surface area contributed by atoms with E-state index in [-0.39, 0.29) is 35.2 Å². The highest BCUT2D eigenvalue weighted by Crippen LogP contribution is 2.28. The lowest BCUT2D eigenvalue weighted by molar-refractivity contribution is -0.384. The van der Waals surface area contributed by atoms with Crippen LogP contribution in [0.15, 0.2) is 59.1 Å². The number of aromatic nitrogens is 4. The van der Waals surface area contributed by atoms with Gasteiger partial charge in [-0.05, 0) is 25.0 Å². The number of thioether (sulfide) groups is 1. The molecular weight excluding hydrogens is 538 g/mol. The number of aryl methyl sites for hydroxylation is 1. The van der Waals surface area contributed by atoms with E-state index < -0.39 is 4.92 Å². The van der Waals surface area contributed by atoms with Gasteiger partial charge in [-0.1, -0.05) is 55.4 Å². The summed E-state index contributed by atoms with van der Waals surface area (Å²) < 4.78 is 1.78. The molecule has 2 aromatic heterocycles. The van der Waals surface area contributed by atoms with Gasteiger partial charge in [0.05, 0.1) is 22.4 Å². The normalized spacial score (nSPS) is 11.8. The molecule has 2 heterocycles. The van der Waals surface area contributed by atoms with Gasteiger partial charge in [-0.25, -0.2) is 4.98 Å². The Bertz CT molecular complexity index is 1500. The molecule has 0 unspecified atom stereocenters. The van der Waals surface area contributed by atoms with Gasteiger partial charge in [0.15, 0.2) is 16.1 Å². The highest BCUT2D eigenvalue weighted by molar-refractivity contribution is 7.99. The Labute approximate surface area is 233 Å². The number of hydrogen-bond donors (Lipinski definition) is 2. The number of carbonyl (C=O) groups excluding carboxylic acids is 2. The Morgan fingerprint density at radius 2 is 1.90 bits per heavy atom. The minimum Gasteiger partial charge on any atom is -0.342 e. The highest BCUT2D eigenvalue weighted by Gasteiger charge is 2.25. The molecular formula is C26H27N7O4S2.